The highest BCUT2D eigenvalue weighted by Gasteiger charge is 2.36. The van der Waals surface area contributed by atoms with Crippen LogP contribution in [0.25, 0.3) is 10.9 Å². The van der Waals surface area contributed by atoms with Gasteiger partial charge in [0.2, 0.25) is 5.89 Å². The maximum atomic E-state index is 12.6. The van der Waals surface area contributed by atoms with Gasteiger partial charge in [0, 0.05) is 36.3 Å². The molecule has 1 amide bonds. The normalized spacial score (nSPS) is 22.8. The summed E-state index contributed by atoms with van der Waals surface area (Å²) < 4.78 is 7.11. The third-order valence-corrected chi connectivity index (χ3v) is 5.26. The maximum absolute atomic E-state index is 12.6. The summed E-state index contributed by atoms with van der Waals surface area (Å²) in [4.78, 5) is 16.9. The molecule has 3 atom stereocenters. The molecule has 0 aliphatic heterocycles. The second-order valence-corrected chi connectivity index (χ2v) is 7.03. The number of aromatic nitrogens is 3. The van der Waals surface area contributed by atoms with E-state index >= 15 is 0 Å². The van der Waals surface area contributed by atoms with Gasteiger partial charge < -0.3 is 19.5 Å². The lowest BCUT2D eigenvalue weighted by Crippen LogP contribution is -2.33. The summed E-state index contributed by atoms with van der Waals surface area (Å²) in [6.45, 7) is 2.20. The van der Waals surface area contributed by atoms with Crippen LogP contribution in [0.3, 0.4) is 0 Å². The lowest BCUT2D eigenvalue weighted by atomic mass is 10.0. The highest BCUT2D eigenvalue weighted by molar-refractivity contribution is 5.98. The fourth-order valence-electron chi connectivity index (χ4n) is 3.82. The number of hydrogen-bond donors (Lipinski definition) is 2. The molecule has 1 fully saturated rings. The molecule has 1 aliphatic carbocycles. The first kappa shape index (κ1) is 16.8. The molecule has 2 N–H and O–H groups in total. The molecular weight excluding hydrogens is 332 g/mol. The standard InChI is InChI=1S/C19H22N4O3/c1-11-21-19(26-22-11)13-7-14(17(24)9-13)10-20-18(25)16-8-12-5-3-4-6-15(12)23(16)2/h3-6,8,13-14,17,24H,7,9-10H2,1-2H3,(H,20,25)/t13-,14+,17+/m0/s1. The number of carbonyl (C=O) groups excluding carboxylic acids is 1. The Kier molecular flexibility index (Phi) is 4.24. The molecule has 0 unspecified atom stereocenters. The number of benzene rings is 1. The second kappa shape index (κ2) is 6.57. The number of aryl methyl sites for hydroxylation is 2. The zero-order valence-electron chi connectivity index (χ0n) is 14.8. The first-order valence-electron chi connectivity index (χ1n) is 8.84. The van der Waals surface area contributed by atoms with Gasteiger partial charge in [-0.1, -0.05) is 23.4 Å². The zero-order chi connectivity index (χ0) is 18.3. The van der Waals surface area contributed by atoms with Crippen molar-refractivity contribution in [2.45, 2.75) is 31.8 Å². The topological polar surface area (TPSA) is 93.2 Å². The SMILES string of the molecule is Cc1noc([C@H]2C[C@H](CNC(=O)c3cc4ccccc4n3C)[C@H](O)C2)n1. The molecule has 136 valence electrons. The van der Waals surface area contributed by atoms with Gasteiger partial charge in [-0.05, 0) is 31.9 Å². The minimum atomic E-state index is -0.486. The van der Waals surface area contributed by atoms with E-state index in [-0.39, 0.29) is 17.7 Å². The molecule has 0 bridgehead atoms. The van der Waals surface area contributed by atoms with Gasteiger partial charge in [-0.2, -0.15) is 4.98 Å². The van der Waals surface area contributed by atoms with Gasteiger partial charge >= 0.3 is 0 Å². The Bertz CT molecular complexity index is 945. The number of rotatable bonds is 4. The summed E-state index contributed by atoms with van der Waals surface area (Å²) in [5.41, 5.74) is 1.63. The Hall–Kier alpha value is -2.67. The van der Waals surface area contributed by atoms with E-state index in [1.807, 2.05) is 41.9 Å². The average molecular weight is 354 g/mol. The fraction of sp³-hybridized carbons (Fsp3) is 0.421. The summed E-state index contributed by atoms with van der Waals surface area (Å²) >= 11 is 0. The van der Waals surface area contributed by atoms with Crippen LogP contribution in [0.4, 0.5) is 0 Å². The maximum Gasteiger partial charge on any atom is 0.267 e. The smallest absolute Gasteiger partial charge is 0.267 e. The van der Waals surface area contributed by atoms with Crippen LogP contribution in [0, 0.1) is 12.8 Å². The molecular formula is C19H22N4O3. The number of nitrogens with zero attached hydrogens (tertiary/aromatic N) is 3. The van der Waals surface area contributed by atoms with Crippen molar-refractivity contribution in [1.82, 2.24) is 20.0 Å². The Morgan fingerprint density at radius 2 is 2.19 bits per heavy atom. The Balaban J connectivity index is 1.41. The molecule has 0 radical (unpaired) electrons. The molecule has 26 heavy (non-hydrogen) atoms. The molecule has 4 rings (SSSR count). The number of aliphatic hydroxyl groups excluding tert-OH is 1. The van der Waals surface area contributed by atoms with E-state index in [1.165, 1.54) is 0 Å². The van der Waals surface area contributed by atoms with Crippen LogP contribution < -0.4 is 5.32 Å². The Morgan fingerprint density at radius 3 is 2.92 bits per heavy atom. The van der Waals surface area contributed by atoms with Crippen molar-refractivity contribution >= 4 is 16.8 Å². The molecule has 1 aromatic carbocycles. The average Bonchev–Trinajstić information content (AvgIpc) is 3.31. The van der Waals surface area contributed by atoms with Gasteiger partial charge in [-0.3, -0.25) is 4.79 Å². The van der Waals surface area contributed by atoms with Gasteiger partial charge in [0.05, 0.1) is 6.10 Å². The highest BCUT2D eigenvalue weighted by atomic mass is 16.5. The fourth-order valence-corrected chi connectivity index (χ4v) is 3.82. The van der Waals surface area contributed by atoms with Crippen LogP contribution in [-0.2, 0) is 7.05 Å². The first-order chi connectivity index (χ1) is 12.5. The third-order valence-electron chi connectivity index (χ3n) is 5.26. The van der Waals surface area contributed by atoms with Crippen molar-refractivity contribution in [2.75, 3.05) is 6.54 Å². The van der Waals surface area contributed by atoms with E-state index in [4.69, 9.17) is 4.52 Å². The number of nitrogens with one attached hydrogen (secondary N) is 1. The summed E-state index contributed by atoms with van der Waals surface area (Å²) in [5, 5.41) is 18.1. The van der Waals surface area contributed by atoms with Gasteiger partial charge in [-0.25, -0.2) is 0 Å². The summed E-state index contributed by atoms with van der Waals surface area (Å²) in [6.07, 6.45) is 0.814. The molecule has 3 aromatic rings. The zero-order valence-corrected chi connectivity index (χ0v) is 14.8. The van der Waals surface area contributed by atoms with Crippen molar-refractivity contribution in [3.63, 3.8) is 0 Å². The Morgan fingerprint density at radius 1 is 1.38 bits per heavy atom. The van der Waals surface area contributed by atoms with E-state index in [2.05, 4.69) is 15.5 Å². The summed E-state index contributed by atoms with van der Waals surface area (Å²) in [5.74, 6) is 1.07. The van der Waals surface area contributed by atoms with Crippen molar-refractivity contribution in [3.8, 4) is 0 Å². The molecule has 2 aromatic heterocycles. The summed E-state index contributed by atoms with van der Waals surface area (Å²) in [6, 6.07) is 9.78. The van der Waals surface area contributed by atoms with Crippen molar-refractivity contribution in [1.29, 1.82) is 0 Å². The molecule has 1 saturated carbocycles. The van der Waals surface area contributed by atoms with E-state index < -0.39 is 6.10 Å². The van der Waals surface area contributed by atoms with Gasteiger partial charge in [0.25, 0.3) is 5.91 Å². The van der Waals surface area contributed by atoms with Crippen LogP contribution in [0.2, 0.25) is 0 Å². The molecule has 7 heteroatoms. The number of hydrogen-bond acceptors (Lipinski definition) is 5. The third kappa shape index (κ3) is 2.99. The van der Waals surface area contributed by atoms with Gasteiger partial charge in [-0.15, -0.1) is 0 Å². The number of amides is 1. The Labute approximate surface area is 151 Å². The number of carbonyl (C=O) groups is 1. The van der Waals surface area contributed by atoms with E-state index in [0.717, 1.165) is 17.3 Å². The molecule has 7 nitrogen and oxygen atoms in total. The minimum absolute atomic E-state index is 0.0224. The quantitative estimate of drug-likeness (QED) is 0.749. The monoisotopic (exact) mass is 354 g/mol. The predicted molar refractivity (Wildman–Crippen MR) is 95.8 cm³/mol. The lowest BCUT2D eigenvalue weighted by Gasteiger charge is -2.15. The molecule has 2 heterocycles. The predicted octanol–water partition coefficient (Wildman–Crippen LogP) is 2.15. The highest BCUT2D eigenvalue weighted by Crippen LogP contribution is 2.37. The number of fused-ring (bicyclic) bond motifs is 1. The van der Waals surface area contributed by atoms with Crippen molar-refractivity contribution in [2.24, 2.45) is 13.0 Å². The van der Waals surface area contributed by atoms with Crippen LogP contribution in [0.5, 0.6) is 0 Å². The van der Waals surface area contributed by atoms with Crippen LogP contribution in [0.15, 0.2) is 34.9 Å². The molecule has 1 aliphatic rings. The van der Waals surface area contributed by atoms with E-state index in [9.17, 15) is 9.90 Å². The van der Waals surface area contributed by atoms with Crippen LogP contribution in [-0.4, -0.2) is 38.4 Å². The summed E-state index contributed by atoms with van der Waals surface area (Å²) in [7, 11) is 1.88. The largest absolute Gasteiger partial charge is 0.393 e. The van der Waals surface area contributed by atoms with Crippen LogP contribution in [0.1, 0.15) is 41.0 Å². The van der Waals surface area contributed by atoms with Crippen molar-refractivity contribution in [3.05, 3.63) is 47.7 Å². The number of aliphatic hydroxyl groups is 1. The van der Waals surface area contributed by atoms with Crippen molar-refractivity contribution < 1.29 is 14.4 Å². The minimum Gasteiger partial charge on any atom is -0.393 e. The van der Waals surface area contributed by atoms with Crippen LogP contribution >= 0.6 is 0 Å². The van der Waals surface area contributed by atoms with E-state index in [0.29, 0.717) is 30.4 Å². The second-order valence-electron chi connectivity index (χ2n) is 7.03. The van der Waals surface area contributed by atoms with Gasteiger partial charge in [0.1, 0.15) is 5.69 Å². The van der Waals surface area contributed by atoms with E-state index in [1.54, 1.807) is 6.92 Å². The number of para-hydroxylation sites is 1. The lowest BCUT2D eigenvalue weighted by molar-refractivity contribution is 0.0909. The first-order valence-corrected chi connectivity index (χ1v) is 8.84. The molecule has 0 spiro atoms. The molecule has 0 saturated heterocycles. The van der Waals surface area contributed by atoms with Gasteiger partial charge in [0.15, 0.2) is 5.82 Å².